The summed E-state index contributed by atoms with van der Waals surface area (Å²) in [6.07, 6.45) is 0. The Bertz CT molecular complexity index is 523. The maximum atomic E-state index is 12.9. The third-order valence-corrected chi connectivity index (χ3v) is 3.37. The van der Waals surface area contributed by atoms with Gasteiger partial charge in [-0.15, -0.1) is 11.3 Å². The molecule has 1 atom stereocenters. The second kappa shape index (κ2) is 3.58. The Morgan fingerprint density at radius 1 is 1.60 bits per heavy atom. The predicted molar refractivity (Wildman–Crippen MR) is 57.2 cm³/mol. The third kappa shape index (κ3) is 1.83. The van der Waals surface area contributed by atoms with Gasteiger partial charge in [-0.25, -0.2) is 9.37 Å². The van der Waals surface area contributed by atoms with Crippen molar-refractivity contribution in [1.82, 2.24) is 4.98 Å². The molecule has 5 heteroatoms. The van der Waals surface area contributed by atoms with Crippen molar-refractivity contribution in [2.45, 2.75) is 12.8 Å². The molecule has 1 amide bonds. The Hall–Kier alpha value is -1.49. The maximum absolute atomic E-state index is 12.9. The standard InChI is InChI=1S/C10H9FN2OS/c1-5(9(12)14)10-13-7-3-2-6(11)4-8(7)15-10/h2-5H,1H3,(H2,12,14). The lowest BCUT2D eigenvalue weighted by Crippen LogP contribution is -2.18. The number of nitrogens with two attached hydrogens (primary N) is 1. The number of carbonyl (C=O) groups is 1. The number of nitrogens with zero attached hydrogens (tertiary/aromatic N) is 1. The molecule has 0 spiro atoms. The van der Waals surface area contributed by atoms with Crippen LogP contribution in [0.2, 0.25) is 0 Å². The van der Waals surface area contributed by atoms with Crippen LogP contribution in [0.3, 0.4) is 0 Å². The molecule has 1 unspecified atom stereocenters. The minimum absolute atomic E-state index is 0.301. The summed E-state index contributed by atoms with van der Waals surface area (Å²) in [6, 6.07) is 4.35. The van der Waals surface area contributed by atoms with E-state index in [1.165, 1.54) is 23.5 Å². The molecule has 1 heterocycles. The second-order valence-electron chi connectivity index (χ2n) is 3.29. The summed E-state index contributed by atoms with van der Waals surface area (Å²) in [5.74, 6) is -1.15. The van der Waals surface area contributed by atoms with Gasteiger partial charge in [0.15, 0.2) is 0 Å². The average Bonchev–Trinajstić information content (AvgIpc) is 2.58. The highest BCUT2D eigenvalue weighted by Crippen LogP contribution is 2.27. The average molecular weight is 224 g/mol. The van der Waals surface area contributed by atoms with Gasteiger partial charge in [-0.3, -0.25) is 4.79 Å². The number of halogens is 1. The number of fused-ring (bicyclic) bond motifs is 1. The molecule has 0 aliphatic rings. The molecule has 15 heavy (non-hydrogen) atoms. The number of thiazole rings is 1. The van der Waals surface area contributed by atoms with Gasteiger partial charge in [0.05, 0.1) is 16.1 Å². The van der Waals surface area contributed by atoms with E-state index < -0.39 is 11.8 Å². The van der Waals surface area contributed by atoms with Crippen molar-refractivity contribution >= 4 is 27.5 Å². The Balaban J connectivity index is 2.51. The summed E-state index contributed by atoms with van der Waals surface area (Å²) in [4.78, 5) is 15.2. The third-order valence-electron chi connectivity index (χ3n) is 2.16. The fourth-order valence-electron chi connectivity index (χ4n) is 1.22. The molecule has 0 fully saturated rings. The topological polar surface area (TPSA) is 56.0 Å². The van der Waals surface area contributed by atoms with Crippen LogP contribution in [0.15, 0.2) is 18.2 Å². The first kappa shape index (κ1) is 10.0. The predicted octanol–water partition coefficient (Wildman–Crippen LogP) is 2.02. The summed E-state index contributed by atoms with van der Waals surface area (Å²) >= 11 is 1.30. The van der Waals surface area contributed by atoms with Gasteiger partial charge in [0.25, 0.3) is 0 Å². The van der Waals surface area contributed by atoms with Crippen molar-refractivity contribution in [3.63, 3.8) is 0 Å². The van der Waals surface area contributed by atoms with Gasteiger partial charge in [-0.05, 0) is 25.1 Å². The van der Waals surface area contributed by atoms with Crippen LogP contribution in [0.4, 0.5) is 4.39 Å². The van der Waals surface area contributed by atoms with Crippen molar-refractivity contribution in [3.8, 4) is 0 Å². The van der Waals surface area contributed by atoms with E-state index in [1.807, 2.05) is 0 Å². The number of aromatic nitrogens is 1. The Kier molecular flexibility index (Phi) is 2.40. The SMILES string of the molecule is CC(C(N)=O)c1nc2ccc(F)cc2s1. The molecule has 3 nitrogen and oxygen atoms in total. The molecule has 0 radical (unpaired) electrons. The van der Waals surface area contributed by atoms with Crippen molar-refractivity contribution in [2.75, 3.05) is 0 Å². The lowest BCUT2D eigenvalue weighted by molar-refractivity contribution is -0.119. The highest BCUT2D eigenvalue weighted by molar-refractivity contribution is 7.18. The normalized spacial score (nSPS) is 12.9. The summed E-state index contributed by atoms with van der Waals surface area (Å²) in [5, 5.41) is 0.628. The van der Waals surface area contributed by atoms with Crippen molar-refractivity contribution in [3.05, 3.63) is 29.0 Å². The van der Waals surface area contributed by atoms with Crippen molar-refractivity contribution in [2.24, 2.45) is 5.73 Å². The van der Waals surface area contributed by atoms with Crippen LogP contribution >= 0.6 is 11.3 Å². The lowest BCUT2D eigenvalue weighted by atomic mass is 10.2. The number of hydrogen-bond acceptors (Lipinski definition) is 3. The fraction of sp³-hybridized carbons (Fsp3) is 0.200. The minimum atomic E-state index is -0.425. The van der Waals surface area contributed by atoms with E-state index in [2.05, 4.69) is 4.98 Å². The highest BCUT2D eigenvalue weighted by atomic mass is 32.1. The summed E-state index contributed by atoms with van der Waals surface area (Å²) in [5.41, 5.74) is 5.87. The van der Waals surface area contributed by atoms with Crippen LogP contribution in [0, 0.1) is 5.82 Å². The number of hydrogen-bond donors (Lipinski definition) is 1. The summed E-state index contributed by atoms with van der Waals surface area (Å²) in [7, 11) is 0. The fourth-order valence-corrected chi connectivity index (χ4v) is 2.28. The van der Waals surface area contributed by atoms with Crippen LogP contribution in [-0.2, 0) is 4.79 Å². The van der Waals surface area contributed by atoms with Crippen LogP contribution in [0.1, 0.15) is 17.8 Å². The van der Waals surface area contributed by atoms with E-state index in [0.29, 0.717) is 10.5 Å². The minimum Gasteiger partial charge on any atom is -0.369 e. The van der Waals surface area contributed by atoms with Crippen molar-refractivity contribution in [1.29, 1.82) is 0 Å². The summed E-state index contributed by atoms with van der Waals surface area (Å²) < 4.78 is 13.6. The highest BCUT2D eigenvalue weighted by Gasteiger charge is 2.16. The zero-order valence-corrected chi connectivity index (χ0v) is 8.84. The molecule has 0 saturated heterocycles. The van der Waals surface area contributed by atoms with Gasteiger partial charge in [0.1, 0.15) is 10.8 Å². The lowest BCUT2D eigenvalue weighted by Gasteiger charge is -1.99. The first-order valence-electron chi connectivity index (χ1n) is 4.43. The van der Waals surface area contributed by atoms with E-state index in [9.17, 15) is 9.18 Å². The zero-order valence-electron chi connectivity index (χ0n) is 8.03. The van der Waals surface area contributed by atoms with E-state index >= 15 is 0 Å². The Morgan fingerprint density at radius 3 is 3.00 bits per heavy atom. The van der Waals surface area contributed by atoms with E-state index in [-0.39, 0.29) is 5.82 Å². The molecule has 0 aliphatic carbocycles. The molecule has 2 N–H and O–H groups in total. The molecular formula is C10H9FN2OS. The maximum Gasteiger partial charge on any atom is 0.227 e. The molecule has 78 valence electrons. The quantitative estimate of drug-likeness (QED) is 0.848. The molecule has 0 aliphatic heterocycles. The van der Waals surface area contributed by atoms with Crippen LogP contribution in [0.25, 0.3) is 10.2 Å². The largest absolute Gasteiger partial charge is 0.369 e. The number of carbonyl (C=O) groups excluding carboxylic acids is 1. The molecule has 1 aromatic carbocycles. The first-order chi connectivity index (χ1) is 7.08. The van der Waals surface area contributed by atoms with Gasteiger partial charge in [0, 0.05) is 0 Å². The van der Waals surface area contributed by atoms with Crippen LogP contribution in [-0.4, -0.2) is 10.9 Å². The molecule has 2 rings (SSSR count). The number of primary amides is 1. The number of amides is 1. The van der Waals surface area contributed by atoms with Gasteiger partial charge in [-0.1, -0.05) is 0 Å². The van der Waals surface area contributed by atoms with Crippen molar-refractivity contribution < 1.29 is 9.18 Å². The number of rotatable bonds is 2. The first-order valence-corrected chi connectivity index (χ1v) is 5.25. The smallest absolute Gasteiger partial charge is 0.227 e. The Labute approximate surface area is 89.7 Å². The van der Waals surface area contributed by atoms with Gasteiger partial charge in [-0.2, -0.15) is 0 Å². The van der Waals surface area contributed by atoms with Gasteiger partial charge < -0.3 is 5.73 Å². The van der Waals surface area contributed by atoms with Crippen LogP contribution in [0.5, 0.6) is 0 Å². The number of benzene rings is 1. The monoisotopic (exact) mass is 224 g/mol. The van der Waals surface area contributed by atoms with E-state index in [4.69, 9.17) is 5.73 Å². The molecule has 0 saturated carbocycles. The molecule has 0 bridgehead atoms. The molecular weight excluding hydrogens is 215 g/mol. The molecule has 1 aromatic heterocycles. The van der Waals surface area contributed by atoms with E-state index in [0.717, 1.165) is 4.70 Å². The summed E-state index contributed by atoms with van der Waals surface area (Å²) in [6.45, 7) is 1.69. The second-order valence-corrected chi connectivity index (χ2v) is 4.35. The van der Waals surface area contributed by atoms with Gasteiger partial charge in [0.2, 0.25) is 5.91 Å². The van der Waals surface area contributed by atoms with E-state index in [1.54, 1.807) is 13.0 Å². The molecule has 2 aromatic rings. The van der Waals surface area contributed by atoms with Gasteiger partial charge >= 0.3 is 0 Å². The van der Waals surface area contributed by atoms with Crippen LogP contribution < -0.4 is 5.73 Å². The zero-order chi connectivity index (χ0) is 11.0. The Morgan fingerprint density at radius 2 is 2.33 bits per heavy atom.